The Bertz CT molecular complexity index is 652. The van der Waals surface area contributed by atoms with E-state index in [4.69, 9.17) is 0 Å². The fraction of sp³-hybridized carbons (Fsp3) is 0.579. The predicted molar refractivity (Wildman–Crippen MR) is 96.3 cm³/mol. The summed E-state index contributed by atoms with van der Waals surface area (Å²) in [7, 11) is 0. The molecule has 150 valence electrons. The van der Waals surface area contributed by atoms with E-state index in [0.717, 1.165) is 18.9 Å². The summed E-state index contributed by atoms with van der Waals surface area (Å²) in [6.07, 6.45) is -2.84. The summed E-state index contributed by atoms with van der Waals surface area (Å²) in [5.74, 6) is -0.685. The normalized spacial score (nSPS) is 15.9. The van der Waals surface area contributed by atoms with Crippen molar-refractivity contribution >= 4 is 11.8 Å². The number of piperazine rings is 1. The molecule has 1 aliphatic heterocycles. The summed E-state index contributed by atoms with van der Waals surface area (Å²) in [6.45, 7) is 5.76. The van der Waals surface area contributed by atoms with Crippen LogP contribution in [0, 0.1) is 0 Å². The third kappa shape index (κ3) is 5.69. The van der Waals surface area contributed by atoms with Crippen molar-refractivity contribution in [3.8, 4) is 0 Å². The molecule has 0 radical (unpaired) electrons. The van der Waals surface area contributed by atoms with Crippen LogP contribution in [0.5, 0.6) is 0 Å². The van der Waals surface area contributed by atoms with Gasteiger partial charge in [-0.2, -0.15) is 13.2 Å². The maximum atomic E-state index is 13.1. The summed E-state index contributed by atoms with van der Waals surface area (Å²) < 4.78 is 39.4. The van der Waals surface area contributed by atoms with Gasteiger partial charge in [-0.3, -0.25) is 14.5 Å². The average Bonchev–Trinajstić information content (AvgIpc) is 2.65. The van der Waals surface area contributed by atoms with Gasteiger partial charge in [0.25, 0.3) is 5.91 Å². The molecule has 1 saturated heterocycles. The number of alkyl halides is 3. The van der Waals surface area contributed by atoms with Crippen molar-refractivity contribution in [1.29, 1.82) is 0 Å². The Morgan fingerprint density at radius 3 is 2.22 bits per heavy atom. The van der Waals surface area contributed by atoms with Gasteiger partial charge in [-0.15, -0.1) is 0 Å². The van der Waals surface area contributed by atoms with Crippen LogP contribution in [0.3, 0.4) is 0 Å². The zero-order valence-electron chi connectivity index (χ0n) is 15.7. The second-order valence-electron chi connectivity index (χ2n) is 6.69. The van der Waals surface area contributed by atoms with E-state index in [9.17, 15) is 22.8 Å². The molecule has 1 heterocycles. The van der Waals surface area contributed by atoms with Gasteiger partial charge in [-0.05, 0) is 25.0 Å². The first-order valence-corrected chi connectivity index (χ1v) is 9.23. The Morgan fingerprint density at radius 1 is 1.07 bits per heavy atom. The number of benzene rings is 1. The van der Waals surface area contributed by atoms with E-state index in [1.807, 2.05) is 18.7 Å². The zero-order chi connectivity index (χ0) is 20.0. The first kappa shape index (κ1) is 21.2. The largest absolute Gasteiger partial charge is 0.417 e. The number of carbonyl (C=O) groups is 2. The molecular weight excluding hydrogens is 359 g/mol. The molecule has 2 amide bonds. The Balaban J connectivity index is 1.93. The van der Waals surface area contributed by atoms with Crippen molar-refractivity contribution in [2.75, 3.05) is 32.7 Å². The average molecular weight is 385 g/mol. The molecule has 1 fully saturated rings. The lowest BCUT2D eigenvalue weighted by molar-refractivity contribution is -0.138. The van der Waals surface area contributed by atoms with E-state index >= 15 is 0 Å². The van der Waals surface area contributed by atoms with E-state index in [0.29, 0.717) is 26.2 Å². The summed E-state index contributed by atoms with van der Waals surface area (Å²) in [6, 6.07) is 4.99. The molecule has 2 rings (SSSR count). The van der Waals surface area contributed by atoms with Crippen LogP contribution < -0.4 is 5.32 Å². The van der Waals surface area contributed by atoms with Gasteiger partial charge < -0.3 is 10.2 Å². The van der Waals surface area contributed by atoms with Crippen LogP contribution in [-0.2, 0) is 11.0 Å². The quantitative estimate of drug-likeness (QED) is 0.819. The highest BCUT2D eigenvalue weighted by Gasteiger charge is 2.36. The molecule has 0 atom stereocenters. The third-order valence-electron chi connectivity index (χ3n) is 4.84. The summed E-state index contributed by atoms with van der Waals surface area (Å²) >= 11 is 0. The molecule has 1 aliphatic rings. The molecule has 0 aromatic heterocycles. The SMILES string of the molecule is CCC(CC)NC(=O)CN1CCN(C(=O)c2ccccc2C(F)(F)F)CC1. The van der Waals surface area contributed by atoms with Crippen LogP contribution in [0.2, 0.25) is 0 Å². The van der Waals surface area contributed by atoms with Gasteiger partial charge in [-0.1, -0.05) is 26.0 Å². The van der Waals surface area contributed by atoms with Crippen molar-refractivity contribution in [1.82, 2.24) is 15.1 Å². The lowest BCUT2D eigenvalue weighted by Gasteiger charge is -2.35. The van der Waals surface area contributed by atoms with E-state index < -0.39 is 17.6 Å². The van der Waals surface area contributed by atoms with Gasteiger partial charge in [-0.25, -0.2) is 0 Å². The number of nitrogens with one attached hydrogen (secondary N) is 1. The van der Waals surface area contributed by atoms with Crippen molar-refractivity contribution in [2.45, 2.75) is 38.9 Å². The summed E-state index contributed by atoms with van der Waals surface area (Å²) in [5, 5.41) is 2.96. The predicted octanol–water partition coefficient (Wildman–Crippen LogP) is 2.77. The maximum Gasteiger partial charge on any atom is 0.417 e. The van der Waals surface area contributed by atoms with Crippen LogP contribution in [0.15, 0.2) is 24.3 Å². The van der Waals surface area contributed by atoms with Gasteiger partial charge in [0.15, 0.2) is 0 Å². The highest BCUT2D eigenvalue weighted by Crippen LogP contribution is 2.32. The monoisotopic (exact) mass is 385 g/mol. The zero-order valence-corrected chi connectivity index (χ0v) is 15.7. The van der Waals surface area contributed by atoms with Crippen LogP contribution in [0.4, 0.5) is 13.2 Å². The minimum atomic E-state index is -4.57. The fourth-order valence-electron chi connectivity index (χ4n) is 3.17. The lowest BCUT2D eigenvalue weighted by Crippen LogP contribution is -2.52. The second-order valence-corrected chi connectivity index (χ2v) is 6.69. The molecule has 0 unspecified atom stereocenters. The first-order chi connectivity index (χ1) is 12.8. The van der Waals surface area contributed by atoms with Gasteiger partial charge >= 0.3 is 6.18 Å². The van der Waals surface area contributed by atoms with Crippen LogP contribution in [0.1, 0.15) is 42.6 Å². The maximum absolute atomic E-state index is 13.1. The first-order valence-electron chi connectivity index (χ1n) is 9.23. The molecule has 0 saturated carbocycles. The minimum absolute atomic E-state index is 0.0640. The van der Waals surface area contributed by atoms with E-state index in [1.165, 1.54) is 23.1 Å². The van der Waals surface area contributed by atoms with Gasteiger partial charge in [0.2, 0.25) is 5.91 Å². The number of rotatable bonds is 6. The number of nitrogens with zero attached hydrogens (tertiary/aromatic N) is 2. The van der Waals surface area contributed by atoms with Crippen molar-refractivity contribution in [3.63, 3.8) is 0 Å². The third-order valence-corrected chi connectivity index (χ3v) is 4.84. The second kappa shape index (κ2) is 9.21. The molecule has 1 N–H and O–H groups in total. The van der Waals surface area contributed by atoms with E-state index in [2.05, 4.69) is 5.32 Å². The molecule has 8 heteroatoms. The summed E-state index contributed by atoms with van der Waals surface area (Å²) in [4.78, 5) is 28.0. The molecule has 0 spiro atoms. The number of hydrogen-bond acceptors (Lipinski definition) is 3. The molecule has 0 bridgehead atoms. The van der Waals surface area contributed by atoms with Crippen LogP contribution in [-0.4, -0.2) is 60.4 Å². The highest BCUT2D eigenvalue weighted by atomic mass is 19.4. The Hall–Kier alpha value is -2.09. The number of halogens is 3. The lowest BCUT2D eigenvalue weighted by atomic mass is 10.1. The smallest absolute Gasteiger partial charge is 0.352 e. The Labute approximate surface area is 157 Å². The molecule has 27 heavy (non-hydrogen) atoms. The molecule has 5 nitrogen and oxygen atoms in total. The minimum Gasteiger partial charge on any atom is -0.352 e. The molecule has 0 aliphatic carbocycles. The number of hydrogen-bond donors (Lipinski definition) is 1. The van der Waals surface area contributed by atoms with E-state index in [-0.39, 0.29) is 24.1 Å². The Morgan fingerprint density at radius 2 is 1.67 bits per heavy atom. The van der Waals surface area contributed by atoms with E-state index in [1.54, 1.807) is 0 Å². The van der Waals surface area contributed by atoms with Crippen LogP contribution in [0.25, 0.3) is 0 Å². The molecular formula is C19H26F3N3O2. The number of carbonyl (C=O) groups excluding carboxylic acids is 2. The van der Waals surface area contributed by atoms with Gasteiger partial charge in [0.1, 0.15) is 0 Å². The van der Waals surface area contributed by atoms with Crippen LogP contribution >= 0.6 is 0 Å². The summed E-state index contributed by atoms with van der Waals surface area (Å²) in [5.41, 5.74) is -1.24. The van der Waals surface area contributed by atoms with Gasteiger partial charge in [0, 0.05) is 32.2 Å². The highest BCUT2D eigenvalue weighted by molar-refractivity contribution is 5.96. The number of amides is 2. The molecule has 1 aromatic rings. The Kier molecular flexibility index (Phi) is 7.24. The van der Waals surface area contributed by atoms with Crippen molar-refractivity contribution < 1.29 is 22.8 Å². The standard InChI is InChI=1S/C19H26F3N3O2/c1-3-14(4-2)23-17(26)13-24-9-11-25(12-10-24)18(27)15-7-5-6-8-16(15)19(20,21)22/h5-8,14H,3-4,9-13H2,1-2H3,(H,23,26). The molecule has 1 aromatic carbocycles. The van der Waals surface area contributed by atoms with Gasteiger partial charge in [0.05, 0.1) is 17.7 Å². The van der Waals surface area contributed by atoms with Crippen molar-refractivity contribution in [2.24, 2.45) is 0 Å². The fourth-order valence-corrected chi connectivity index (χ4v) is 3.17. The topological polar surface area (TPSA) is 52.7 Å². The van der Waals surface area contributed by atoms with Crippen molar-refractivity contribution in [3.05, 3.63) is 35.4 Å².